The number of amides is 1. The Balaban J connectivity index is 1.45. The number of carbonyl (C=O) groups excluding carboxylic acids is 1. The van der Waals surface area contributed by atoms with E-state index >= 15 is 0 Å². The molecule has 0 aliphatic rings. The predicted octanol–water partition coefficient (Wildman–Crippen LogP) is 4.62. The fourth-order valence-electron chi connectivity index (χ4n) is 3.56. The van der Waals surface area contributed by atoms with Crippen molar-refractivity contribution in [2.24, 2.45) is 0 Å². The van der Waals surface area contributed by atoms with Crippen molar-refractivity contribution < 1.29 is 9.21 Å². The number of carbonyl (C=O) groups is 1. The van der Waals surface area contributed by atoms with Gasteiger partial charge >= 0.3 is 0 Å². The molecule has 4 aromatic rings. The van der Waals surface area contributed by atoms with E-state index in [-0.39, 0.29) is 5.91 Å². The summed E-state index contributed by atoms with van der Waals surface area (Å²) in [5, 5.41) is 11.3. The second kappa shape index (κ2) is 10.5. The first-order valence-corrected chi connectivity index (χ1v) is 11.7. The fourth-order valence-corrected chi connectivity index (χ4v) is 4.37. The molecule has 0 saturated carbocycles. The Morgan fingerprint density at radius 1 is 1.09 bits per heavy atom. The Bertz CT molecular complexity index is 1150. The van der Waals surface area contributed by atoms with Crippen molar-refractivity contribution in [1.82, 2.24) is 25.4 Å². The summed E-state index contributed by atoms with van der Waals surface area (Å²) in [5.41, 5.74) is 3.88. The molecule has 0 fully saturated rings. The molecule has 0 atom stereocenters. The molecular weight excluding hydrogens is 422 g/mol. The van der Waals surface area contributed by atoms with Crippen LogP contribution in [-0.4, -0.2) is 39.1 Å². The first-order valence-electron chi connectivity index (χ1n) is 10.7. The molecule has 0 bridgehead atoms. The number of para-hydroxylation sites is 1. The standard InChI is InChI=1S/C24H27N5O2S/c1-3-29(4-2)14-18-11-9-17(10-12-18)13-25-23(30)22-20(15-32-24-26-16-27-28-24)19-7-5-6-8-21(19)31-22/h5-12,16H,3-4,13-15H2,1-2H3,(H,25,30)(H,26,27,28). The number of nitrogens with zero attached hydrogens (tertiary/aromatic N) is 3. The Kier molecular flexibility index (Phi) is 7.24. The number of nitrogens with one attached hydrogen (secondary N) is 2. The van der Waals surface area contributed by atoms with Gasteiger partial charge in [0, 0.05) is 29.8 Å². The van der Waals surface area contributed by atoms with Gasteiger partial charge < -0.3 is 9.73 Å². The molecule has 0 unspecified atom stereocenters. The lowest BCUT2D eigenvalue weighted by Gasteiger charge is -2.18. The summed E-state index contributed by atoms with van der Waals surface area (Å²) >= 11 is 1.48. The molecule has 4 rings (SSSR count). The second-order valence-corrected chi connectivity index (χ2v) is 8.41. The molecule has 8 heteroatoms. The average Bonchev–Trinajstić information content (AvgIpc) is 3.48. The topological polar surface area (TPSA) is 87.1 Å². The highest BCUT2D eigenvalue weighted by Gasteiger charge is 2.20. The third-order valence-electron chi connectivity index (χ3n) is 5.43. The van der Waals surface area contributed by atoms with Crippen LogP contribution >= 0.6 is 11.8 Å². The highest BCUT2D eigenvalue weighted by Crippen LogP contribution is 2.31. The third kappa shape index (κ3) is 5.20. The number of hydrogen-bond acceptors (Lipinski definition) is 6. The molecule has 2 aromatic heterocycles. The van der Waals surface area contributed by atoms with Crippen molar-refractivity contribution >= 4 is 28.6 Å². The van der Waals surface area contributed by atoms with E-state index in [1.54, 1.807) is 0 Å². The molecule has 1 amide bonds. The molecule has 0 aliphatic carbocycles. The number of H-pyrrole nitrogens is 1. The minimum atomic E-state index is -0.221. The normalized spacial score (nSPS) is 11.3. The van der Waals surface area contributed by atoms with Gasteiger partial charge in [-0.15, -0.1) is 0 Å². The van der Waals surface area contributed by atoms with E-state index in [9.17, 15) is 4.79 Å². The van der Waals surface area contributed by atoms with Crippen molar-refractivity contribution in [3.8, 4) is 0 Å². The van der Waals surface area contributed by atoms with Gasteiger partial charge in [-0.2, -0.15) is 5.10 Å². The molecule has 0 aliphatic heterocycles. The largest absolute Gasteiger partial charge is 0.451 e. The molecule has 32 heavy (non-hydrogen) atoms. The number of rotatable bonds is 10. The summed E-state index contributed by atoms with van der Waals surface area (Å²) < 4.78 is 5.93. The van der Waals surface area contributed by atoms with E-state index in [0.29, 0.717) is 28.8 Å². The van der Waals surface area contributed by atoms with Crippen molar-refractivity contribution in [1.29, 1.82) is 0 Å². The zero-order valence-electron chi connectivity index (χ0n) is 18.3. The van der Waals surface area contributed by atoms with Gasteiger partial charge in [0.2, 0.25) is 0 Å². The van der Waals surface area contributed by atoms with Crippen LogP contribution in [0.25, 0.3) is 11.0 Å². The Labute approximate surface area is 191 Å². The first-order chi connectivity index (χ1) is 15.7. The summed E-state index contributed by atoms with van der Waals surface area (Å²) in [5.74, 6) is 0.674. The summed E-state index contributed by atoms with van der Waals surface area (Å²) in [6, 6.07) is 16.1. The van der Waals surface area contributed by atoms with E-state index in [1.165, 1.54) is 23.7 Å². The van der Waals surface area contributed by atoms with E-state index in [1.807, 2.05) is 24.3 Å². The smallest absolute Gasteiger partial charge is 0.287 e. The fraction of sp³-hybridized carbons (Fsp3) is 0.292. The molecule has 0 saturated heterocycles. The highest BCUT2D eigenvalue weighted by atomic mass is 32.2. The number of benzene rings is 2. The van der Waals surface area contributed by atoms with E-state index in [4.69, 9.17) is 4.42 Å². The van der Waals surface area contributed by atoms with Crippen LogP contribution in [0.4, 0.5) is 0 Å². The number of aromatic amines is 1. The van der Waals surface area contributed by atoms with Gasteiger partial charge in [-0.3, -0.25) is 14.8 Å². The molecule has 0 spiro atoms. The third-order valence-corrected chi connectivity index (χ3v) is 6.33. The first kappa shape index (κ1) is 22.1. The van der Waals surface area contributed by atoms with Gasteiger partial charge in [0.15, 0.2) is 10.9 Å². The molecule has 166 valence electrons. The van der Waals surface area contributed by atoms with Crippen LogP contribution in [0.15, 0.2) is 64.4 Å². The zero-order chi connectivity index (χ0) is 22.3. The lowest BCUT2D eigenvalue weighted by atomic mass is 10.1. The molecule has 2 aromatic carbocycles. The van der Waals surface area contributed by atoms with E-state index in [2.05, 4.69) is 63.5 Å². The second-order valence-electron chi connectivity index (χ2n) is 7.45. The van der Waals surface area contributed by atoms with Crippen molar-refractivity contribution in [3.63, 3.8) is 0 Å². The maximum absolute atomic E-state index is 13.0. The molecule has 7 nitrogen and oxygen atoms in total. The predicted molar refractivity (Wildman–Crippen MR) is 126 cm³/mol. The van der Waals surface area contributed by atoms with Crippen LogP contribution in [-0.2, 0) is 18.8 Å². The summed E-state index contributed by atoms with van der Waals surface area (Å²) in [7, 11) is 0. The van der Waals surface area contributed by atoms with Gasteiger partial charge in [0.05, 0.1) is 0 Å². The number of fused-ring (bicyclic) bond motifs is 1. The van der Waals surface area contributed by atoms with E-state index in [0.717, 1.165) is 36.1 Å². The number of furan rings is 1. The SMILES string of the molecule is CCN(CC)Cc1ccc(CNC(=O)c2oc3ccccc3c2CSc2ncn[nH]2)cc1. The monoisotopic (exact) mass is 449 g/mol. The molecular formula is C24H27N5O2S. The summed E-state index contributed by atoms with van der Waals surface area (Å²) in [6.45, 7) is 7.78. The molecule has 2 heterocycles. The lowest BCUT2D eigenvalue weighted by molar-refractivity contribution is 0.0924. The number of aromatic nitrogens is 3. The van der Waals surface area contributed by atoms with Gasteiger partial charge in [-0.05, 0) is 30.3 Å². The Hall–Kier alpha value is -3.10. The van der Waals surface area contributed by atoms with Crippen molar-refractivity contribution in [2.45, 2.75) is 37.8 Å². The van der Waals surface area contributed by atoms with Crippen LogP contribution in [0.3, 0.4) is 0 Å². The molecule has 2 N–H and O–H groups in total. The van der Waals surface area contributed by atoms with Crippen LogP contribution in [0.1, 0.15) is 41.1 Å². The Morgan fingerprint density at radius 2 is 1.84 bits per heavy atom. The maximum atomic E-state index is 13.0. The van der Waals surface area contributed by atoms with Crippen LogP contribution in [0.5, 0.6) is 0 Å². The molecule has 0 radical (unpaired) electrons. The van der Waals surface area contributed by atoms with Crippen molar-refractivity contribution in [3.05, 3.63) is 77.3 Å². The quantitative estimate of drug-likeness (QED) is 0.344. The van der Waals surface area contributed by atoms with Crippen LogP contribution in [0.2, 0.25) is 0 Å². The van der Waals surface area contributed by atoms with Gasteiger partial charge in [-0.25, -0.2) is 4.98 Å². The number of thioether (sulfide) groups is 1. The maximum Gasteiger partial charge on any atom is 0.287 e. The number of hydrogen-bond donors (Lipinski definition) is 2. The van der Waals surface area contributed by atoms with Gasteiger partial charge in [-0.1, -0.05) is 68.1 Å². The minimum Gasteiger partial charge on any atom is -0.451 e. The van der Waals surface area contributed by atoms with Crippen LogP contribution < -0.4 is 5.32 Å². The lowest BCUT2D eigenvalue weighted by Crippen LogP contribution is -2.23. The summed E-state index contributed by atoms with van der Waals surface area (Å²) in [4.78, 5) is 19.5. The zero-order valence-corrected chi connectivity index (χ0v) is 19.1. The van der Waals surface area contributed by atoms with Gasteiger partial charge in [0.25, 0.3) is 5.91 Å². The Morgan fingerprint density at radius 3 is 2.56 bits per heavy atom. The van der Waals surface area contributed by atoms with Gasteiger partial charge in [0.1, 0.15) is 11.9 Å². The average molecular weight is 450 g/mol. The minimum absolute atomic E-state index is 0.221. The summed E-state index contributed by atoms with van der Waals surface area (Å²) in [6.07, 6.45) is 1.47. The van der Waals surface area contributed by atoms with Crippen LogP contribution in [0, 0.1) is 0 Å². The highest BCUT2D eigenvalue weighted by molar-refractivity contribution is 7.98. The van der Waals surface area contributed by atoms with Crippen molar-refractivity contribution in [2.75, 3.05) is 13.1 Å². The van der Waals surface area contributed by atoms with E-state index < -0.39 is 0 Å².